The van der Waals surface area contributed by atoms with Crippen LogP contribution < -0.4 is 0 Å². The van der Waals surface area contributed by atoms with Crippen molar-refractivity contribution in [3.8, 4) is 0 Å². The molecule has 0 aliphatic heterocycles. The summed E-state index contributed by atoms with van der Waals surface area (Å²) >= 11 is 0. The molecule has 0 rings (SSSR count). The van der Waals surface area contributed by atoms with Crippen molar-refractivity contribution in [1.29, 1.82) is 0 Å². The molecule has 7 heteroatoms. The molecule has 0 bridgehead atoms. The molecule has 0 aliphatic rings. The Morgan fingerprint density at radius 2 is 0.571 bits per heavy atom. The van der Waals surface area contributed by atoms with Crippen LogP contribution in [0.25, 0.3) is 0 Å². The van der Waals surface area contributed by atoms with Crippen molar-refractivity contribution in [1.82, 2.24) is 0 Å². The Morgan fingerprint density at radius 1 is 0.571 bits per heavy atom. The molecule has 0 amide bonds. The number of hydrogen-bond donors (Lipinski definition) is 0. The first kappa shape index (κ1) is 117. The summed E-state index contributed by atoms with van der Waals surface area (Å²) in [5, 5.41) is 0. The van der Waals surface area contributed by atoms with Gasteiger partial charge in [-0.1, -0.05) is 0 Å². The Hall–Kier alpha value is 2.37. The molecule has 0 aromatic carbocycles. The zero-order chi connectivity index (χ0) is 0. The molecule has 6 N–H and O–H groups in total. The second kappa shape index (κ2) is 81.0. The van der Waals surface area contributed by atoms with Gasteiger partial charge in [-0.2, -0.15) is 0 Å². The fraction of sp³-hybridized carbons (Fsp3) is 0. The molecular weight excluding hydrogens is 286 g/mol. The van der Waals surface area contributed by atoms with Crippen LogP contribution in [0.5, 0.6) is 0 Å². The predicted octanol–water partition coefficient (Wildman–Crippen LogP) is -5.76. The second-order valence-corrected chi connectivity index (χ2v) is 0. The smallest absolute Gasteiger partial charge is 0 e. The number of hydrogen-bond acceptors (Lipinski definition) is 0. The second-order valence-electron chi connectivity index (χ2n) is 0. The van der Waals surface area contributed by atoms with Gasteiger partial charge in [-0.05, 0) is 0 Å². The molecule has 0 heterocycles. The van der Waals surface area contributed by atoms with Gasteiger partial charge < -0.3 is 16.4 Å². The first-order valence-electron chi connectivity index (χ1n) is 0. The van der Waals surface area contributed by atoms with Gasteiger partial charge in [0.1, 0.15) is 0 Å². The van der Waals surface area contributed by atoms with Gasteiger partial charge in [0, 0.05) is 19.5 Å². The summed E-state index contributed by atoms with van der Waals surface area (Å²) in [6.45, 7) is 0. The van der Waals surface area contributed by atoms with Crippen molar-refractivity contribution in [2.75, 3.05) is 0 Å². The predicted molar refractivity (Wildman–Crippen MR) is 39.3 cm³/mol. The summed E-state index contributed by atoms with van der Waals surface area (Å²) in [5.41, 5.74) is 0. The molecule has 2 radical (unpaired) electrons. The minimum Gasteiger partial charge on any atom is 0 e. The van der Waals surface area contributed by atoms with Crippen LogP contribution in [0, 0.1) is 0 Å². The van der Waals surface area contributed by atoms with Crippen LogP contribution in [-0.4, -0.2) is 75.1 Å². The molecule has 0 fully saturated rings. The maximum atomic E-state index is 0. The zero-order valence-corrected chi connectivity index (χ0v) is 9.92. The molecule has 0 unspecified atom stereocenters. The van der Waals surface area contributed by atoms with Crippen molar-refractivity contribution in [2.45, 2.75) is 0 Å². The summed E-state index contributed by atoms with van der Waals surface area (Å²) in [6, 6.07) is 0. The van der Waals surface area contributed by atoms with Crippen molar-refractivity contribution in [3.05, 3.63) is 0 Å². The third-order valence-corrected chi connectivity index (χ3v) is 0. The van der Waals surface area contributed by atoms with E-state index in [4.69, 9.17) is 0 Å². The van der Waals surface area contributed by atoms with Gasteiger partial charge in [0.15, 0.2) is 34.7 Å². The normalized spacial score (nSPS) is 0. The van der Waals surface area contributed by atoms with Crippen molar-refractivity contribution in [2.24, 2.45) is 0 Å². The van der Waals surface area contributed by atoms with Gasteiger partial charge in [-0.25, -0.2) is 0 Å². The summed E-state index contributed by atoms with van der Waals surface area (Å²) in [6.07, 6.45) is 0. The maximum Gasteiger partial charge on any atom is 0 e. The molecule has 0 aliphatic carbocycles. The van der Waals surface area contributed by atoms with Crippen molar-refractivity contribution in [3.63, 3.8) is 0 Å². The SMILES string of the molecule is O.O.O.[AlH3].[AlH3].[SnH2].[Zn]. The number of rotatable bonds is 0. The Labute approximate surface area is 93.5 Å². The molecule has 44 valence electrons. The molecule has 7 heavy (non-hydrogen) atoms. The van der Waals surface area contributed by atoms with Crippen LogP contribution in [0.2, 0.25) is 0 Å². The van der Waals surface area contributed by atoms with Crippen LogP contribution in [0.3, 0.4) is 0 Å². The summed E-state index contributed by atoms with van der Waals surface area (Å²) in [7, 11) is 0. The van der Waals surface area contributed by atoms with E-state index in [1.54, 1.807) is 0 Å². The quantitative estimate of drug-likeness (QED) is 0.399. The Bertz CT molecular complexity index is 12.9. The van der Waals surface area contributed by atoms with Crippen LogP contribution >= 0.6 is 0 Å². The van der Waals surface area contributed by atoms with Crippen LogP contribution in [0.15, 0.2) is 0 Å². The zero-order valence-electron chi connectivity index (χ0n) is 2.91. The third-order valence-electron chi connectivity index (χ3n) is 0. The van der Waals surface area contributed by atoms with E-state index in [1.807, 2.05) is 0 Å². The largest absolute Gasteiger partial charge is 0 e. The van der Waals surface area contributed by atoms with E-state index in [0.717, 1.165) is 0 Å². The van der Waals surface area contributed by atoms with E-state index in [1.165, 1.54) is 0 Å². The van der Waals surface area contributed by atoms with Crippen LogP contribution in [0.1, 0.15) is 0 Å². The Kier molecular flexibility index (Phi) is 1360. The summed E-state index contributed by atoms with van der Waals surface area (Å²) in [5.74, 6) is 0. The van der Waals surface area contributed by atoms with E-state index >= 15 is 0 Å². The van der Waals surface area contributed by atoms with Gasteiger partial charge in [0.2, 0.25) is 0 Å². The molecule has 3 nitrogen and oxygen atoms in total. The fourth-order valence-corrected chi connectivity index (χ4v) is 0. The average molecular weight is 300 g/mol. The van der Waals surface area contributed by atoms with Gasteiger partial charge in [-0.15, -0.1) is 0 Å². The third kappa shape index (κ3) is 60.5. The Balaban J connectivity index is 0. The molecule has 0 saturated heterocycles. The minimum atomic E-state index is 0. The fourth-order valence-electron chi connectivity index (χ4n) is 0. The van der Waals surface area contributed by atoms with Gasteiger partial charge >= 0.3 is 23.9 Å². The van der Waals surface area contributed by atoms with E-state index in [-0.39, 0.29) is 94.5 Å². The Morgan fingerprint density at radius 3 is 0.571 bits per heavy atom. The standard InChI is InChI=1S/2Al.3H2O.Sn.Zn.8H/h;;3*1H2;;;;;;;;;;. The summed E-state index contributed by atoms with van der Waals surface area (Å²) in [4.78, 5) is 0. The van der Waals surface area contributed by atoms with Gasteiger partial charge in [0.05, 0.1) is 0 Å². The maximum absolute atomic E-state index is 0. The molecule has 0 spiro atoms. The molecule has 0 atom stereocenters. The topological polar surface area (TPSA) is 94.5 Å². The molecule has 0 saturated carbocycles. The van der Waals surface area contributed by atoms with Crippen LogP contribution in [0.4, 0.5) is 0 Å². The monoisotopic (exact) mass is 300 g/mol. The van der Waals surface area contributed by atoms with Gasteiger partial charge in [0.25, 0.3) is 0 Å². The van der Waals surface area contributed by atoms with Gasteiger partial charge in [-0.3, -0.25) is 0 Å². The molecule has 0 aromatic rings. The van der Waals surface area contributed by atoms with Crippen molar-refractivity contribution >= 4 is 58.6 Å². The van der Waals surface area contributed by atoms with E-state index in [0.29, 0.717) is 0 Å². The average Bonchev–Trinajstić information content (AvgIpc) is 0. The van der Waals surface area contributed by atoms with Crippen LogP contribution in [-0.2, 0) is 19.5 Å². The van der Waals surface area contributed by atoms with E-state index < -0.39 is 0 Å². The molecular formula is H14Al2O3SnZn. The first-order chi connectivity index (χ1) is 0. The van der Waals surface area contributed by atoms with E-state index in [2.05, 4.69) is 0 Å². The van der Waals surface area contributed by atoms with Crippen molar-refractivity contribution < 1.29 is 35.9 Å². The summed E-state index contributed by atoms with van der Waals surface area (Å²) < 4.78 is 0. The van der Waals surface area contributed by atoms with E-state index in [9.17, 15) is 0 Å². The molecule has 0 aromatic heterocycles. The first-order valence-corrected chi connectivity index (χ1v) is 0. The minimum absolute atomic E-state index is 0.